The summed E-state index contributed by atoms with van der Waals surface area (Å²) in [6, 6.07) is 10.3. The van der Waals surface area contributed by atoms with E-state index in [2.05, 4.69) is 10.3 Å². The van der Waals surface area contributed by atoms with E-state index in [4.69, 9.17) is 16.3 Å². The van der Waals surface area contributed by atoms with Crippen LogP contribution in [0.1, 0.15) is 6.92 Å². The van der Waals surface area contributed by atoms with Gasteiger partial charge in [-0.05, 0) is 31.2 Å². The second kappa shape index (κ2) is 5.87. The third-order valence-electron chi connectivity index (χ3n) is 2.85. The number of aromatic nitrogens is 1. The van der Waals surface area contributed by atoms with E-state index in [0.717, 1.165) is 10.2 Å². The lowest BCUT2D eigenvalue weighted by molar-refractivity contribution is 0.321. The van der Waals surface area contributed by atoms with Gasteiger partial charge in [-0.15, -0.1) is 0 Å². The SMILES string of the molecule is CCOc1ccc(Nc2nc3cccc(Cl)c3s2)cc1F. The van der Waals surface area contributed by atoms with Crippen LogP contribution in [0.25, 0.3) is 10.2 Å². The van der Waals surface area contributed by atoms with Gasteiger partial charge in [-0.2, -0.15) is 0 Å². The second-order valence-electron chi connectivity index (χ2n) is 4.31. The Morgan fingerprint density at radius 1 is 1.33 bits per heavy atom. The van der Waals surface area contributed by atoms with Crippen LogP contribution < -0.4 is 10.1 Å². The average Bonchev–Trinajstić information content (AvgIpc) is 2.86. The number of nitrogens with one attached hydrogen (secondary N) is 1. The summed E-state index contributed by atoms with van der Waals surface area (Å²) >= 11 is 7.55. The summed E-state index contributed by atoms with van der Waals surface area (Å²) in [6.07, 6.45) is 0. The minimum Gasteiger partial charge on any atom is -0.491 e. The maximum absolute atomic E-state index is 13.8. The van der Waals surface area contributed by atoms with E-state index in [9.17, 15) is 4.39 Å². The van der Waals surface area contributed by atoms with Crippen molar-refractivity contribution < 1.29 is 9.13 Å². The lowest BCUT2D eigenvalue weighted by Gasteiger charge is -2.07. The number of halogens is 2. The van der Waals surface area contributed by atoms with Crippen molar-refractivity contribution in [1.82, 2.24) is 4.98 Å². The van der Waals surface area contributed by atoms with Gasteiger partial charge in [0.1, 0.15) is 0 Å². The summed E-state index contributed by atoms with van der Waals surface area (Å²) in [5, 5.41) is 4.42. The van der Waals surface area contributed by atoms with Gasteiger partial charge in [0.2, 0.25) is 0 Å². The summed E-state index contributed by atoms with van der Waals surface area (Å²) in [5.41, 5.74) is 1.44. The highest BCUT2D eigenvalue weighted by Gasteiger charge is 2.09. The fourth-order valence-electron chi connectivity index (χ4n) is 1.94. The zero-order chi connectivity index (χ0) is 14.8. The van der Waals surface area contributed by atoms with Crippen molar-refractivity contribution in [2.24, 2.45) is 0 Å². The second-order valence-corrected chi connectivity index (χ2v) is 5.72. The third-order valence-corrected chi connectivity index (χ3v) is 4.30. The number of thiazole rings is 1. The highest BCUT2D eigenvalue weighted by Crippen LogP contribution is 2.33. The molecule has 1 heterocycles. The zero-order valence-electron chi connectivity index (χ0n) is 11.2. The van der Waals surface area contributed by atoms with E-state index in [0.29, 0.717) is 22.4 Å². The van der Waals surface area contributed by atoms with Crippen molar-refractivity contribution in [3.05, 3.63) is 47.2 Å². The standard InChI is InChI=1S/C15H12ClFN2OS/c1-2-20-13-7-6-9(8-11(13)17)18-15-19-12-5-3-4-10(16)14(12)21-15/h3-8H,2H2,1H3,(H,18,19). The normalized spacial score (nSPS) is 10.8. The predicted molar refractivity (Wildman–Crippen MR) is 85.5 cm³/mol. The number of ether oxygens (including phenoxy) is 1. The fourth-order valence-corrected chi connectivity index (χ4v) is 3.12. The van der Waals surface area contributed by atoms with E-state index in [1.165, 1.54) is 17.4 Å². The molecule has 0 atom stereocenters. The molecule has 0 saturated carbocycles. The van der Waals surface area contributed by atoms with E-state index >= 15 is 0 Å². The van der Waals surface area contributed by atoms with Crippen LogP contribution in [0.3, 0.4) is 0 Å². The molecule has 21 heavy (non-hydrogen) atoms. The van der Waals surface area contributed by atoms with E-state index < -0.39 is 5.82 Å². The zero-order valence-corrected chi connectivity index (χ0v) is 12.8. The van der Waals surface area contributed by atoms with Crippen molar-refractivity contribution >= 4 is 44.0 Å². The molecule has 0 amide bonds. The van der Waals surface area contributed by atoms with Crippen LogP contribution in [0.5, 0.6) is 5.75 Å². The Balaban J connectivity index is 1.88. The molecule has 0 saturated heterocycles. The van der Waals surface area contributed by atoms with Crippen molar-refractivity contribution in [2.75, 3.05) is 11.9 Å². The monoisotopic (exact) mass is 322 g/mol. The Labute approximate surface area is 130 Å². The largest absolute Gasteiger partial charge is 0.491 e. The summed E-state index contributed by atoms with van der Waals surface area (Å²) in [7, 11) is 0. The smallest absolute Gasteiger partial charge is 0.188 e. The van der Waals surface area contributed by atoms with Crippen molar-refractivity contribution in [3.63, 3.8) is 0 Å². The molecule has 2 aromatic carbocycles. The maximum Gasteiger partial charge on any atom is 0.188 e. The van der Waals surface area contributed by atoms with Gasteiger partial charge in [0.25, 0.3) is 0 Å². The Morgan fingerprint density at radius 3 is 2.90 bits per heavy atom. The van der Waals surface area contributed by atoms with Gasteiger partial charge in [0, 0.05) is 11.8 Å². The number of rotatable bonds is 4. The minimum absolute atomic E-state index is 0.246. The molecule has 1 N–H and O–H groups in total. The quantitative estimate of drug-likeness (QED) is 0.714. The summed E-state index contributed by atoms with van der Waals surface area (Å²) in [4.78, 5) is 4.43. The molecule has 0 aliphatic heterocycles. The highest BCUT2D eigenvalue weighted by atomic mass is 35.5. The Bertz CT molecular complexity index is 790. The number of nitrogens with zero attached hydrogens (tertiary/aromatic N) is 1. The van der Waals surface area contributed by atoms with Gasteiger partial charge in [-0.3, -0.25) is 0 Å². The van der Waals surface area contributed by atoms with Gasteiger partial charge in [0.05, 0.1) is 21.8 Å². The summed E-state index contributed by atoms with van der Waals surface area (Å²) < 4.78 is 19.9. The lowest BCUT2D eigenvalue weighted by atomic mass is 10.3. The van der Waals surface area contributed by atoms with Crippen LogP contribution in [0, 0.1) is 5.82 Å². The van der Waals surface area contributed by atoms with Gasteiger partial charge in [0.15, 0.2) is 16.7 Å². The highest BCUT2D eigenvalue weighted by molar-refractivity contribution is 7.22. The molecule has 0 spiro atoms. The number of benzene rings is 2. The molecule has 1 aromatic heterocycles. The molecule has 3 rings (SSSR count). The van der Waals surface area contributed by atoms with Gasteiger partial charge in [-0.1, -0.05) is 29.0 Å². The molecule has 108 valence electrons. The van der Waals surface area contributed by atoms with E-state index in [1.807, 2.05) is 25.1 Å². The molecule has 0 unspecified atom stereocenters. The predicted octanol–water partition coefficient (Wildman–Crippen LogP) is 5.23. The first-order valence-corrected chi connectivity index (χ1v) is 7.61. The Hall–Kier alpha value is -1.85. The fraction of sp³-hybridized carbons (Fsp3) is 0.133. The van der Waals surface area contributed by atoms with Crippen molar-refractivity contribution in [1.29, 1.82) is 0 Å². The third kappa shape index (κ3) is 2.94. The number of fused-ring (bicyclic) bond motifs is 1. The molecular formula is C15H12ClFN2OS. The van der Waals surface area contributed by atoms with Crippen LogP contribution in [0.2, 0.25) is 5.02 Å². The molecule has 3 nitrogen and oxygen atoms in total. The van der Waals surface area contributed by atoms with Gasteiger partial charge in [-0.25, -0.2) is 9.37 Å². The molecule has 0 aliphatic carbocycles. The lowest BCUT2D eigenvalue weighted by Crippen LogP contribution is -1.96. The van der Waals surface area contributed by atoms with Crippen molar-refractivity contribution in [2.45, 2.75) is 6.92 Å². The van der Waals surface area contributed by atoms with Crippen LogP contribution in [-0.4, -0.2) is 11.6 Å². The van der Waals surface area contributed by atoms with Gasteiger partial charge < -0.3 is 10.1 Å². The molecular weight excluding hydrogens is 311 g/mol. The van der Waals surface area contributed by atoms with Crippen LogP contribution in [0.15, 0.2) is 36.4 Å². The number of anilines is 2. The van der Waals surface area contributed by atoms with Crippen molar-refractivity contribution in [3.8, 4) is 5.75 Å². The van der Waals surface area contributed by atoms with Gasteiger partial charge >= 0.3 is 0 Å². The van der Waals surface area contributed by atoms with Crippen LogP contribution in [0.4, 0.5) is 15.2 Å². The molecule has 6 heteroatoms. The first kappa shape index (κ1) is 14.1. The summed E-state index contributed by atoms with van der Waals surface area (Å²) in [5.74, 6) is -0.156. The molecule has 0 bridgehead atoms. The minimum atomic E-state index is -0.402. The Kier molecular flexibility index (Phi) is 3.94. The number of hydrogen-bond donors (Lipinski definition) is 1. The van der Waals surface area contributed by atoms with Crippen LogP contribution >= 0.6 is 22.9 Å². The van der Waals surface area contributed by atoms with Crippen LogP contribution in [-0.2, 0) is 0 Å². The molecule has 0 radical (unpaired) electrons. The Morgan fingerprint density at radius 2 is 2.19 bits per heavy atom. The molecule has 3 aromatic rings. The van der Waals surface area contributed by atoms with E-state index in [1.54, 1.807) is 12.1 Å². The first-order valence-electron chi connectivity index (χ1n) is 6.42. The average molecular weight is 323 g/mol. The van der Waals surface area contributed by atoms with E-state index in [-0.39, 0.29) is 5.75 Å². The number of hydrogen-bond acceptors (Lipinski definition) is 4. The maximum atomic E-state index is 13.8. The molecule has 0 aliphatic rings. The first-order chi connectivity index (χ1) is 10.2. The summed E-state index contributed by atoms with van der Waals surface area (Å²) in [6.45, 7) is 2.25. The molecule has 0 fully saturated rings. The topological polar surface area (TPSA) is 34.1 Å².